The van der Waals surface area contributed by atoms with Crippen molar-refractivity contribution in [2.45, 2.75) is 27.0 Å². The Morgan fingerprint density at radius 1 is 0.508 bits per heavy atom. The van der Waals surface area contributed by atoms with Gasteiger partial charge in [0.05, 0.1) is 16.8 Å². The highest BCUT2D eigenvalue weighted by Gasteiger charge is 2.50. The van der Waals surface area contributed by atoms with Crippen molar-refractivity contribution >= 4 is 34.9 Å². The van der Waals surface area contributed by atoms with Crippen molar-refractivity contribution in [3.8, 4) is 45.3 Å². The van der Waals surface area contributed by atoms with E-state index in [0.717, 1.165) is 38.7 Å². The summed E-state index contributed by atoms with van der Waals surface area (Å²) in [5.74, 6) is 1.91. The maximum Gasteiger partial charge on any atom is 0.165 e. The van der Waals surface area contributed by atoms with Crippen molar-refractivity contribution in [3.05, 3.63) is 228 Å². The van der Waals surface area contributed by atoms with Crippen molar-refractivity contribution in [2.75, 3.05) is 4.90 Å². The molecule has 280 valence electrons. The van der Waals surface area contributed by atoms with Gasteiger partial charge in [0.25, 0.3) is 0 Å². The molecule has 3 heterocycles. The molecule has 1 aliphatic carbocycles. The Kier molecular flexibility index (Phi) is 8.57. The maximum absolute atomic E-state index is 5.33. The summed E-state index contributed by atoms with van der Waals surface area (Å²) in [6.07, 6.45) is 5.95. The zero-order valence-electron chi connectivity index (χ0n) is 32.2. The average Bonchev–Trinajstić information content (AvgIpc) is 3.59. The Bertz CT molecular complexity index is 2990. The monoisotopic (exact) mass is 792 g/mol. The number of hydrogen-bond acceptors (Lipinski definition) is 6. The van der Waals surface area contributed by atoms with Gasteiger partial charge >= 0.3 is 0 Å². The zero-order valence-corrected chi connectivity index (χ0v) is 33.8. The number of benzene rings is 7. The van der Waals surface area contributed by atoms with Gasteiger partial charge in [0, 0.05) is 42.0 Å². The van der Waals surface area contributed by atoms with Gasteiger partial charge in [-0.25, -0.2) is 15.0 Å². The highest BCUT2D eigenvalue weighted by molar-refractivity contribution is 8.03. The van der Waals surface area contributed by atoms with E-state index >= 15 is 0 Å². The molecule has 11 rings (SSSR count). The molecule has 59 heavy (non-hydrogen) atoms. The van der Waals surface area contributed by atoms with Crippen molar-refractivity contribution in [1.29, 1.82) is 0 Å². The number of aromatic nitrogens is 3. The van der Waals surface area contributed by atoms with Crippen molar-refractivity contribution < 1.29 is 0 Å². The molecule has 8 aromatic rings. The highest BCUT2D eigenvalue weighted by Crippen LogP contribution is 2.63. The molecular weight excluding hydrogens is 757 g/mol. The SMILES string of the molecule is C=C/C=C\C1=C(C)Sc2ccccc2N1c1ccc(-c2nc(-c3ccccc3)nc(-c3cccc4c3Sc3ccccc3C43c4ccccc4-c4ccccc43)n2)cc1. The van der Waals surface area contributed by atoms with E-state index < -0.39 is 5.41 Å². The largest absolute Gasteiger partial charge is 0.309 e. The van der Waals surface area contributed by atoms with Gasteiger partial charge in [-0.3, -0.25) is 0 Å². The number of rotatable bonds is 6. The highest BCUT2D eigenvalue weighted by atomic mass is 32.2. The third-order valence-electron chi connectivity index (χ3n) is 11.5. The van der Waals surface area contributed by atoms with Crippen LogP contribution in [0, 0.1) is 0 Å². The van der Waals surface area contributed by atoms with E-state index in [1.165, 1.54) is 48.1 Å². The molecule has 4 nitrogen and oxygen atoms in total. The fourth-order valence-electron chi connectivity index (χ4n) is 9.02. The molecule has 0 saturated heterocycles. The van der Waals surface area contributed by atoms with E-state index in [2.05, 4.69) is 176 Å². The van der Waals surface area contributed by atoms with Crippen molar-refractivity contribution in [1.82, 2.24) is 15.0 Å². The molecular formula is C53H36N4S2. The molecule has 0 atom stereocenters. The topological polar surface area (TPSA) is 41.9 Å². The first-order chi connectivity index (χ1) is 29.1. The molecule has 0 radical (unpaired) electrons. The summed E-state index contributed by atoms with van der Waals surface area (Å²) in [5, 5.41) is 0. The molecule has 7 aromatic carbocycles. The van der Waals surface area contributed by atoms with E-state index in [9.17, 15) is 0 Å². The Hall–Kier alpha value is -6.73. The molecule has 3 aliphatic rings. The fraction of sp³-hybridized carbons (Fsp3) is 0.0377. The van der Waals surface area contributed by atoms with Crippen LogP contribution in [0.5, 0.6) is 0 Å². The van der Waals surface area contributed by atoms with Crippen LogP contribution in [0.3, 0.4) is 0 Å². The van der Waals surface area contributed by atoms with E-state index in [4.69, 9.17) is 15.0 Å². The Morgan fingerprint density at radius 3 is 1.78 bits per heavy atom. The zero-order chi connectivity index (χ0) is 39.5. The summed E-state index contributed by atoms with van der Waals surface area (Å²) in [6.45, 7) is 6.10. The summed E-state index contributed by atoms with van der Waals surface area (Å²) in [5.41, 5.74) is 13.4. The van der Waals surface area contributed by atoms with Crippen LogP contribution >= 0.6 is 23.5 Å². The lowest BCUT2D eigenvalue weighted by molar-refractivity contribution is 0.722. The average molecular weight is 793 g/mol. The number of para-hydroxylation sites is 1. The summed E-state index contributed by atoms with van der Waals surface area (Å²) in [6, 6.07) is 60.8. The third-order valence-corrected chi connectivity index (χ3v) is 13.8. The molecule has 6 heteroatoms. The number of anilines is 2. The predicted octanol–water partition coefficient (Wildman–Crippen LogP) is 13.9. The molecule has 1 aromatic heterocycles. The van der Waals surface area contributed by atoms with Gasteiger partial charge in [0.2, 0.25) is 0 Å². The van der Waals surface area contributed by atoms with Gasteiger partial charge in [-0.05, 0) is 88.8 Å². The number of fused-ring (bicyclic) bond motifs is 10. The number of nitrogens with zero attached hydrogens (tertiary/aromatic N) is 4. The molecule has 0 amide bonds. The number of allylic oxidation sites excluding steroid dienone is 4. The van der Waals surface area contributed by atoms with Crippen LogP contribution in [0.2, 0.25) is 0 Å². The Balaban J connectivity index is 1.09. The summed E-state index contributed by atoms with van der Waals surface area (Å²) in [4.78, 5) is 22.9. The quantitative estimate of drug-likeness (QED) is 0.156. The second-order valence-corrected chi connectivity index (χ2v) is 17.1. The van der Waals surface area contributed by atoms with Crippen LogP contribution in [0.4, 0.5) is 11.4 Å². The van der Waals surface area contributed by atoms with Crippen molar-refractivity contribution in [2.24, 2.45) is 0 Å². The van der Waals surface area contributed by atoms with Crippen LogP contribution < -0.4 is 4.90 Å². The first-order valence-electron chi connectivity index (χ1n) is 19.7. The molecule has 0 fully saturated rings. The van der Waals surface area contributed by atoms with Crippen LogP contribution in [-0.4, -0.2) is 15.0 Å². The van der Waals surface area contributed by atoms with Gasteiger partial charge in [0.1, 0.15) is 0 Å². The van der Waals surface area contributed by atoms with E-state index in [1.54, 1.807) is 11.8 Å². The van der Waals surface area contributed by atoms with Gasteiger partial charge in [-0.15, -0.1) is 0 Å². The minimum absolute atomic E-state index is 0.494. The van der Waals surface area contributed by atoms with Gasteiger partial charge in [-0.1, -0.05) is 170 Å². The summed E-state index contributed by atoms with van der Waals surface area (Å²) >= 11 is 3.61. The molecule has 0 unspecified atom stereocenters. The van der Waals surface area contributed by atoms with Gasteiger partial charge < -0.3 is 4.90 Å². The summed E-state index contributed by atoms with van der Waals surface area (Å²) in [7, 11) is 0. The van der Waals surface area contributed by atoms with Gasteiger partial charge in [0.15, 0.2) is 17.5 Å². The maximum atomic E-state index is 5.33. The van der Waals surface area contributed by atoms with Crippen LogP contribution in [-0.2, 0) is 5.41 Å². The minimum atomic E-state index is -0.494. The van der Waals surface area contributed by atoms with E-state index in [0.29, 0.717) is 17.5 Å². The second kappa shape index (κ2) is 14.3. The van der Waals surface area contributed by atoms with Crippen LogP contribution in [0.25, 0.3) is 45.3 Å². The first kappa shape index (κ1) is 35.4. The number of thioether (sulfide) groups is 1. The standard InChI is InChI=1S/C53H36N4S2/c1-3-4-26-45-34(2)58-48-29-15-13-27-46(48)57(45)37-32-30-36(31-33-37)51-54-50(35-17-6-5-7-18-35)55-52(56-51)40-21-16-25-44-49(40)59-47-28-14-12-24-43(47)53(44)41-22-10-8-19-38(41)39-20-9-11-23-42(39)53/h3-33H,1H2,2H3/b26-4-. The lowest BCUT2D eigenvalue weighted by Crippen LogP contribution is -2.32. The molecule has 1 spiro atoms. The molecule has 0 bridgehead atoms. The van der Waals surface area contributed by atoms with Crippen LogP contribution in [0.1, 0.15) is 29.2 Å². The lowest BCUT2D eigenvalue weighted by Gasteiger charge is -2.40. The lowest BCUT2D eigenvalue weighted by atomic mass is 9.67. The van der Waals surface area contributed by atoms with E-state index in [1.807, 2.05) is 42.1 Å². The second-order valence-electron chi connectivity index (χ2n) is 14.8. The molecule has 0 saturated carbocycles. The Labute approximate surface area is 352 Å². The van der Waals surface area contributed by atoms with Crippen LogP contribution in [0.15, 0.2) is 220 Å². The summed E-state index contributed by atoms with van der Waals surface area (Å²) < 4.78 is 0. The first-order valence-corrected chi connectivity index (χ1v) is 21.4. The fourth-order valence-corrected chi connectivity index (χ4v) is 11.3. The normalized spacial score (nSPS) is 14.4. The third kappa shape index (κ3) is 5.59. The van der Waals surface area contributed by atoms with E-state index in [-0.39, 0.29) is 0 Å². The van der Waals surface area contributed by atoms with Crippen molar-refractivity contribution in [3.63, 3.8) is 0 Å². The number of hydrogen-bond donors (Lipinski definition) is 0. The van der Waals surface area contributed by atoms with Gasteiger partial charge in [-0.2, -0.15) is 0 Å². The Morgan fingerprint density at radius 2 is 1.07 bits per heavy atom. The smallest absolute Gasteiger partial charge is 0.165 e. The molecule has 0 N–H and O–H groups in total. The molecule has 2 aliphatic heterocycles. The minimum Gasteiger partial charge on any atom is -0.309 e. The predicted molar refractivity (Wildman–Crippen MR) is 244 cm³/mol.